The normalized spacial score (nSPS) is 15.6. The molecule has 4 aromatic rings. The number of aromatic nitrogens is 1. The number of aromatic amines is 1. The molecule has 164 valence electrons. The SMILES string of the molecule is Cc1[nH]c2ccccc2c1CN1CCN(C(c2ccc(Cl)cc2)c2ccc(Cl)cc2)CC1. The Morgan fingerprint density at radius 3 is 1.94 bits per heavy atom. The third-order valence-electron chi connectivity index (χ3n) is 6.55. The van der Waals surface area contributed by atoms with Crippen LogP contribution in [-0.4, -0.2) is 41.0 Å². The van der Waals surface area contributed by atoms with Gasteiger partial charge in [0.2, 0.25) is 0 Å². The molecule has 3 nitrogen and oxygen atoms in total. The number of H-pyrrole nitrogens is 1. The van der Waals surface area contributed by atoms with E-state index >= 15 is 0 Å². The topological polar surface area (TPSA) is 22.3 Å². The van der Waals surface area contributed by atoms with Gasteiger partial charge >= 0.3 is 0 Å². The van der Waals surface area contributed by atoms with Crippen LogP contribution in [0.4, 0.5) is 0 Å². The first kappa shape index (κ1) is 21.5. The number of hydrogen-bond donors (Lipinski definition) is 1. The molecule has 0 spiro atoms. The van der Waals surface area contributed by atoms with Gasteiger partial charge in [-0.25, -0.2) is 0 Å². The molecule has 5 rings (SSSR count). The first-order chi connectivity index (χ1) is 15.6. The first-order valence-electron chi connectivity index (χ1n) is 11.1. The molecule has 1 aliphatic rings. The minimum absolute atomic E-state index is 0.196. The second kappa shape index (κ2) is 9.29. The van der Waals surface area contributed by atoms with Crippen LogP contribution in [0.1, 0.15) is 28.4 Å². The van der Waals surface area contributed by atoms with E-state index in [1.807, 2.05) is 24.3 Å². The van der Waals surface area contributed by atoms with E-state index in [1.54, 1.807) is 0 Å². The molecule has 0 atom stereocenters. The van der Waals surface area contributed by atoms with E-state index in [0.717, 1.165) is 42.8 Å². The molecule has 1 aromatic heterocycles. The van der Waals surface area contributed by atoms with Gasteiger partial charge in [0.15, 0.2) is 0 Å². The van der Waals surface area contributed by atoms with Crippen molar-refractivity contribution in [2.75, 3.05) is 26.2 Å². The van der Waals surface area contributed by atoms with Crippen LogP contribution in [0, 0.1) is 6.92 Å². The van der Waals surface area contributed by atoms with Crippen molar-refractivity contribution in [2.45, 2.75) is 19.5 Å². The number of benzene rings is 3. The quantitative estimate of drug-likeness (QED) is 0.356. The van der Waals surface area contributed by atoms with Gasteiger partial charge in [-0.05, 0) is 53.9 Å². The lowest BCUT2D eigenvalue weighted by Crippen LogP contribution is -2.47. The van der Waals surface area contributed by atoms with Crippen LogP contribution in [0.2, 0.25) is 10.0 Å². The average molecular weight is 464 g/mol. The van der Waals surface area contributed by atoms with Crippen molar-refractivity contribution in [2.24, 2.45) is 0 Å². The summed E-state index contributed by atoms with van der Waals surface area (Å²) in [6, 6.07) is 25.3. The molecule has 1 aliphatic heterocycles. The molecule has 0 bridgehead atoms. The Balaban J connectivity index is 1.34. The van der Waals surface area contributed by atoms with E-state index in [1.165, 1.54) is 33.3 Å². The molecule has 0 saturated carbocycles. The highest BCUT2D eigenvalue weighted by molar-refractivity contribution is 6.30. The number of rotatable bonds is 5. The summed E-state index contributed by atoms with van der Waals surface area (Å²) in [6.07, 6.45) is 0. The Hall–Kier alpha value is -2.30. The molecule has 0 unspecified atom stereocenters. The second-order valence-corrected chi connectivity index (χ2v) is 9.46. The summed E-state index contributed by atoms with van der Waals surface area (Å²) in [5.41, 5.74) is 6.44. The van der Waals surface area contributed by atoms with Crippen LogP contribution in [0.3, 0.4) is 0 Å². The Labute approximate surface area is 199 Å². The maximum absolute atomic E-state index is 6.17. The summed E-state index contributed by atoms with van der Waals surface area (Å²) >= 11 is 12.3. The van der Waals surface area contributed by atoms with Gasteiger partial charge in [0.05, 0.1) is 6.04 Å². The van der Waals surface area contributed by atoms with Gasteiger partial charge < -0.3 is 4.98 Å². The summed E-state index contributed by atoms with van der Waals surface area (Å²) in [5, 5.41) is 2.87. The zero-order valence-corrected chi connectivity index (χ0v) is 19.7. The summed E-state index contributed by atoms with van der Waals surface area (Å²) in [5.74, 6) is 0. The van der Waals surface area contributed by atoms with Gasteiger partial charge in [-0.2, -0.15) is 0 Å². The third kappa shape index (κ3) is 4.44. The van der Waals surface area contributed by atoms with Crippen LogP contribution >= 0.6 is 23.2 Å². The molecule has 5 heteroatoms. The number of nitrogens with zero attached hydrogens (tertiary/aromatic N) is 2. The minimum atomic E-state index is 0.196. The van der Waals surface area contributed by atoms with Crippen molar-refractivity contribution in [1.82, 2.24) is 14.8 Å². The molecule has 0 radical (unpaired) electrons. The van der Waals surface area contributed by atoms with Crippen molar-refractivity contribution in [3.8, 4) is 0 Å². The molecule has 1 N–H and O–H groups in total. The van der Waals surface area contributed by atoms with E-state index in [4.69, 9.17) is 23.2 Å². The summed E-state index contributed by atoms with van der Waals surface area (Å²) in [7, 11) is 0. The summed E-state index contributed by atoms with van der Waals surface area (Å²) in [6.45, 7) is 7.26. The van der Waals surface area contributed by atoms with Gasteiger partial charge in [-0.15, -0.1) is 0 Å². The van der Waals surface area contributed by atoms with Crippen LogP contribution in [0.5, 0.6) is 0 Å². The molecule has 0 amide bonds. The first-order valence-corrected chi connectivity index (χ1v) is 11.9. The number of nitrogens with one attached hydrogen (secondary N) is 1. The summed E-state index contributed by atoms with van der Waals surface area (Å²) in [4.78, 5) is 8.68. The number of fused-ring (bicyclic) bond motifs is 1. The highest BCUT2D eigenvalue weighted by Gasteiger charge is 2.27. The van der Waals surface area contributed by atoms with Gasteiger partial charge in [-0.3, -0.25) is 9.80 Å². The molecule has 1 fully saturated rings. The lowest BCUT2D eigenvalue weighted by molar-refractivity contribution is 0.105. The van der Waals surface area contributed by atoms with E-state index in [9.17, 15) is 0 Å². The summed E-state index contributed by atoms with van der Waals surface area (Å²) < 4.78 is 0. The predicted octanol–water partition coefficient (Wildman–Crippen LogP) is 6.69. The monoisotopic (exact) mass is 463 g/mol. The number of aryl methyl sites for hydroxylation is 1. The highest BCUT2D eigenvalue weighted by atomic mass is 35.5. The standard InChI is InChI=1S/C27H27Cl2N3/c1-19-25(24-4-2-3-5-26(24)30-19)18-31-14-16-32(17-15-31)27(20-6-10-22(28)11-7-20)21-8-12-23(29)13-9-21/h2-13,27,30H,14-18H2,1H3. The fourth-order valence-corrected chi connectivity index (χ4v) is 5.10. The average Bonchev–Trinajstić information content (AvgIpc) is 3.12. The van der Waals surface area contributed by atoms with Crippen molar-refractivity contribution in [3.05, 3.63) is 105 Å². The van der Waals surface area contributed by atoms with Gasteiger partial charge in [0.25, 0.3) is 0 Å². The smallest absolute Gasteiger partial charge is 0.0602 e. The lowest BCUT2D eigenvalue weighted by Gasteiger charge is -2.40. The van der Waals surface area contributed by atoms with Crippen molar-refractivity contribution in [1.29, 1.82) is 0 Å². The van der Waals surface area contributed by atoms with Crippen molar-refractivity contribution >= 4 is 34.1 Å². The van der Waals surface area contributed by atoms with Crippen LogP contribution in [0.25, 0.3) is 10.9 Å². The number of hydrogen-bond acceptors (Lipinski definition) is 2. The predicted molar refractivity (Wildman–Crippen MR) is 135 cm³/mol. The maximum atomic E-state index is 6.17. The largest absolute Gasteiger partial charge is 0.358 e. The van der Waals surface area contributed by atoms with E-state index in [-0.39, 0.29) is 6.04 Å². The third-order valence-corrected chi connectivity index (χ3v) is 7.06. The van der Waals surface area contributed by atoms with Gasteiger partial charge in [-0.1, -0.05) is 65.7 Å². The van der Waals surface area contributed by atoms with E-state index < -0.39 is 0 Å². The second-order valence-electron chi connectivity index (χ2n) is 8.59. The Morgan fingerprint density at radius 2 is 1.34 bits per heavy atom. The minimum Gasteiger partial charge on any atom is -0.358 e. The van der Waals surface area contributed by atoms with Crippen LogP contribution < -0.4 is 0 Å². The molecule has 3 aromatic carbocycles. The lowest BCUT2D eigenvalue weighted by atomic mass is 9.96. The van der Waals surface area contributed by atoms with Gasteiger partial charge in [0, 0.05) is 59.4 Å². The molecular formula is C27H27Cl2N3. The zero-order chi connectivity index (χ0) is 22.1. The molecule has 0 aliphatic carbocycles. The Kier molecular flexibility index (Phi) is 6.25. The fourth-order valence-electron chi connectivity index (χ4n) is 4.85. The molecule has 32 heavy (non-hydrogen) atoms. The Morgan fingerprint density at radius 1 is 0.781 bits per heavy atom. The highest BCUT2D eigenvalue weighted by Crippen LogP contribution is 2.32. The zero-order valence-electron chi connectivity index (χ0n) is 18.2. The maximum Gasteiger partial charge on any atom is 0.0602 e. The fraction of sp³-hybridized carbons (Fsp3) is 0.259. The molecule has 2 heterocycles. The van der Waals surface area contributed by atoms with E-state index in [0.29, 0.717) is 0 Å². The number of para-hydroxylation sites is 1. The Bertz CT molecular complexity index is 1140. The van der Waals surface area contributed by atoms with Crippen molar-refractivity contribution < 1.29 is 0 Å². The molecule has 1 saturated heterocycles. The van der Waals surface area contributed by atoms with Crippen molar-refractivity contribution in [3.63, 3.8) is 0 Å². The van der Waals surface area contributed by atoms with Crippen LogP contribution in [0.15, 0.2) is 72.8 Å². The number of piperazine rings is 1. The molecular weight excluding hydrogens is 437 g/mol. The number of halogens is 2. The van der Waals surface area contributed by atoms with Gasteiger partial charge in [0.1, 0.15) is 0 Å². The van der Waals surface area contributed by atoms with E-state index in [2.05, 4.69) is 70.2 Å². The van der Waals surface area contributed by atoms with Crippen LogP contribution in [-0.2, 0) is 6.54 Å².